The van der Waals surface area contributed by atoms with Gasteiger partial charge in [-0.2, -0.15) is 15.2 Å². The molecule has 1 spiro atoms. The number of benzene rings is 1. The van der Waals surface area contributed by atoms with Gasteiger partial charge in [0.1, 0.15) is 12.4 Å². The highest BCUT2D eigenvalue weighted by molar-refractivity contribution is 5.87. The molecule has 0 bridgehead atoms. The Hall–Kier alpha value is -3.44. The molecule has 8 heteroatoms. The van der Waals surface area contributed by atoms with Crippen molar-refractivity contribution in [3.63, 3.8) is 0 Å². The molecule has 1 amide bonds. The number of nitrogens with zero attached hydrogens (tertiary/aromatic N) is 6. The summed E-state index contributed by atoms with van der Waals surface area (Å²) in [6.45, 7) is 9.29. The minimum absolute atomic E-state index is 0.118. The number of aryl methyl sites for hydroxylation is 1. The van der Waals surface area contributed by atoms with E-state index in [1.165, 1.54) is 34.8 Å². The van der Waals surface area contributed by atoms with Gasteiger partial charge in [0.15, 0.2) is 0 Å². The van der Waals surface area contributed by atoms with Crippen molar-refractivity contribution in [2.45, 2.75) is 70.4 Å². The summed E-state index contributed by atoms with van der Waals surface area (Å²) in [5.74, 6) is 0.807. The molecular formula is C32H40N6O2. The molecule has 1 unspecified atom stereocenters. The van der Waals surface area contributed by atoms with Crippen LogP contribution >= 0.6 is 0 Å². The Morgan fingerprint density at radius 3 is 2.83 bits per heavy atom. The van der Waals surface area contributed by atoms with Crippen LogP contribution in [-0.4, -0.2) is 77.6 Å². The molecule has 3 atom stereocenters. The number of hydrogen-bond acceptors (Lipinski definition) is 7. The number of hydrogen-bond donors (Lipinski definition) is 0. The second kappa shape index (κ2) is 10.9. The molecule has 0 N–H and O–H groups in total. The molecule has 0 radical (unpaired) electrons. The maximum atomic E-state index is 12.5. The normalized spacial score (nSPS) is 25.9. The van der Waals surface area contributed by atoms with Gasteiger partial charge in [-0.3, -0.25) is 4.79 Å². The van der Waals surface area contributed by atoms with E-state index in [4.69, 9.17) is 14.7 Å². The van der Waals surface area contributed by atoms with Gasteiger partial charge >= 0.3 is 6.01 Å². The lowest BCUT2D eigenvalue weighted by atomic mass is 9.71. The van der Waals surface area contributed by atoms with E-state index in [2.05, 4.69) is 54.6 Å². The molecule has 1 aromatic carbocycles. The van der Waals surface area contributed by atoms with E-state index in [0.717, 1.165) is 56.6 Å². The first kappa shape index (κ1) is 26.8. The number of rotatable bonds is 6. The third-order valence-electron chi connectivity index (χ3n) is 9.63. The van der Waals surface area contributed by atoms with Crippen molar-refractivity contribution >= 4 is 11.7 Å². The lowest BCUT2D eigenvalue weighted by Gasteiger charge is -2.42. The number of aromatic nitrogens is 2. The molecule has 6 rings (SSSR count). The lowest BCUT2D eigenvalue weighted by Crippen LogP contribution is -2.55. The molecule has 2 aliphatic heterocycles. The average molecular weight is 541 g/mol. The Labute approximate surface area is 237 Å². The molecule has 2 aliphatic carbocycles. The van der Waals surface area contributed by atoms with E-state index in [1.807, 2.05) is 0 Å². The second-order valence-corrected chi connectivity index (χ2v) is 12.3. The fraction of sp³-hybridized carbons (Fsp3) is 0.562. The van der Waals surface area contributed by atoms with Crippen LogP contribution in [0.4, 0.5) is 5.82 Å². The van der Waals surface area contributed by atoms with Gasteiger partial charge < -0.3 is 19.4 Å². The molecular weight excluding hydrogens is 500 g/mol. The first-order chi connectivity index (χ1) is 19.4. The zero-order valence-electron chi connectivity index (χ0n) is 23.9. The summed E-state index contributed by atoms with van der Waals surface area (Å²) in [4.78, 5) is 29.0. The Morgan fingerprint density at radius 2 is 2.05 bits per heavy atom. The van der Waals surface area contributed by atoms with Crippen LogP contribution < -0.4 is 9.64 Å². The van der Waals surface area contributed by atoms with Crippen LogP contribution in [0.25, 0.3) is 0 Å². The van der Waals surface area contributed by atoms with Crippen molar-refractivity contribution < 1.29 is 9.53 Å². The summed E-state index contributed by atoms with van der Waals surface area (Å²) in [5.41, 5.74) is 6.80. The Balaban J connectivity index is 1.31. The van der Waals surface area contributed by atoms with E-state index < -0.39 is 0 Å². The van der Waals surface area contributed by atoms with Gasteiger partial charge in [0.2, 0.25) is 5.91 Å². The van der Waals surface area contributed by atoms with E-state index in [9.17, 15) is 10.1 Å². The van der Waals surface area contributed by atoms with E-state index in [-0.39, 0.29) is 23.8 Å². The molecule has 210 valence electrons. The topological polar surface area (TPSA) is 85.6 Å². The number of carbonyl (C=O) groups is 1. The summed E-state index contributed by atoms with van der Waals surface area (Å²) >= 11 is 0. The number of amides is 1. The quantitative estimate of drug-likeness (QED) is 0.517. The summed E-state index contributed by atoms with van der Waals surface area (Å²) < 4.78 is 6.32. The van der Waals surface area contributed by atoms with E-state index in [1.54, 1.807) is 4.90 Å². The Morgan fingerprint density at radius 1 is 1.20 bits per heavy atom. The van der Waals surface area contributed by atoms with Gasteiger partial charge in [-0.05, 0) is 88.1 Å². The number of anilines is 1. The predicted octanol–water partition coefficient (Wildman–Crippen LogP) is 3.65. The summed E-state index contributed by atoms with van der Waals surface area (Å²) in [6, 6.07) is 9.82. The number of likely N-dealkylation sites (tertiary alicyclic amines) is 1. The van der Waals surface area contributed by atoms with Crippen molar-refractivity contribution in [3.05, 3.63) is 58.8 Å². The van der Waals surface area contributed by atoms with Crippen LogP contribution in [0, 0.1) is 23.7 Å². The van der Waals surface area contributed by atoms with Crippen LogP contribution in [0.1, 0.15) is 53.6 Å². The highest BCUT2D eigenvalue weighted by Gasteiger charge is 2.42. The third kappa shape index (κ3) is 5.08. The van der Waals surface area contributed by atoms with Gasteiger partial charge in [0.25, 0.3) is 0 Å². The number of carbonyl (C=O) groups excluding carboxylic acids is 1. The van der Waals surface area contributed by atoms with Crippen LogP contribution in [-0.2, 0) is 30.5 Å². The van der Waals surface area contributed by atoms with Crippen molar-refractivity contribution in [3.8, 4) is 12.1 Å². The highest BCUT2D eigenvalue weighted by atomic mass is 16.5. The molecule has 2 aromatic rings. The number of likely N-dealkylation sites (N-methyl/N-ethyl adjacent to an activating group) is 1. The van der Waals surface area contributed by atoms with Gasteiger partial charge in [-0.25, -0.2) is 0 Å². The molecule has 2 saturated heterocycles. The lowest BCUT2D eigenvalue weighted by molar-refractivity contribution is -0.128. The maximum Gasteiger partial charge on any atom is 0.318 e. The zero-order chi connectivity index (χ0) is 27.9. The number of nitriles is 1. The molecule has 1 aromatic heterocycles. The number of fused-ring (bicyclic) bond motifs is 2. The second-order valence-electron chi connectivity index (χ2n) is 12.3. The minimum atomic E-state index is -0.200. The maximum absolute atomic E-state index is 12.5. The van der Waals surface area contributed by atoms with Crippen LogP contribution in [0.5, 0.6) is 6.01 Å². The van der Waals surface area contributed by atoms with Crippen LogP contribution in [0.15, 0.2) is 30.9 Å². The van der Waals surface area contributed by atoms with Gasteiger partial charge in [0.05, 0.1) is 24.2 Å². The number of piperazine rings is 1. The fourth-order valence-corrected chi connectivity index (χ4v) is 7.42. The minimum Gasteiger partial charge on any atom is -0.462 e. The molecule has 3 heterocycles. The first-order valence-corrected chi connectivity index (χ1v) is 14.7. The van der Waals surface area contributed by atoms with Crippen molar-refractivity contribution in [2.24, 2.45) is 5.41 Å². The Kier molecular flexibility index (Phi) is 7.26. The monoisotopic (exact) mass is 540 g/mol. The largest absolute Gasteiger partial charge is 0.462 e. The average Bonchev–Trinajstić information content (AvgIpc) is 3.52. The summed E-state index contributed by atoms with van der Waals surface area (Å²) in [6.07, 6.45) is 9.09. The first-order valence-electron chi connectivity index (χ1n) is 14.7. The molecule has 2 fully saturated rings. The number of ether oxygens (including phenoxy) is 1. The van der Waals surface area contributed by atoms with E-state index in [0.29, 0.717) is 38.3 Å². The van der Waals surface area contributed by atoms with Crippen LogP contribution in [0.3, 0.4) is 0 Å². The van der Waals surface area contributed by atoms with Crippen molar-refractivity contribution in [1.82, 2.24) is 19.8 Å². The smallest absolute Gasteiger partial charge is 0.318 e. The molecule has 8 nitrogen and oxygen atoms in total. The predicted molar refractivity (Wildman–Crippen MR) is 154 cm³/mol. The summed E-state index contributed by atoms with van der Waals surface area (Å²) in [7, 11) is 2.16. The standard InChI is InChI=1S/C32H40N6O2/c1-4-29(39)38-15-14-37(20-25(38)10-12-33)30-27-9-11-32(17-23-8-7-22(2)16-24(23)18-32)19-28(27)34-31(35-30)40-21-26-6-5-13-36(26)3/h4,7-8,16,25-26H,1,5-6,9-11,13-15,17-21H2,2-3H3/t25-,26-,32?/m0/s1. The Bertz CT molecular complexity index is 1350. The van der Waals surface area contributed by atoms with Crippen molar-refractivity contribution in [2.75, 3.05) is 44.7 Å². The van der Waals surface area contributed by atoms with E-state index >= 15 is 0 Å². The SMILES string of the molecule is C=CC(=O)N1CCN(c2nc(OC[C@@H]3CCCN3C)nc3c2CCC2(Cc4ccc(C)cc4C2)C3)C[C@@H]1CC#N. The summed E-state index contributed by atoms with van der Waals surface area (Å²) in [5, 5.41) is 9.51. The van der Waals surface area contributed by atoms with Gasteiger partial charge in [-0.1, -0.05) is 30.3 Å². The zero-order valence-corrected chi connectivity index (χ0v) is 23.9. The van der Waals surface area contributed by atoms with Crippen molar-refractivity contribution in [1.29, 1.82) is 5.26 Å². The van der Waals surface area contributed by atoms with Gasteiger partial charge in [-0.15, -0.1) is 0 Å². The molecule has 40 heavy (non-hydrogen) atoms. The van der Waals surface area contributed by atoms with Gasteiger partial charge in [0, 0.05) is 31.2 Å². The third-order valence-corrected chi connectivity index (χ3v) is 9.63. The molecule has 4 aliphatic rings. The van der Waals surface area contributed by atoms with Crippen LogP contribution in [0.2, 0.25) is 0 Å². The highest BCUT2D eigenvalue weighted by Crippen LogP contribution is 2.47. The molecule has 0 saturated carbocycles. The fourth-order valence-electron chi connectivity index (χ4n) is 7.42.